The largest absolute Gasteiger partial charge is 0.490 e. The summed E-state index contributed by atoms with van der Waals surface area (Å²) in [5.41, 5.74) is 3.39. The lowest BCUT2D eigenvalue weighted by molar-refractivity contribution is 0.297. The lowest BCUT2D eigenvalue weighted by Gasteiger charge is -2.10. The third-order valence-electron chi connectivity index (χ3n) is 4.13. The predicted octanol–water partition coefficient (Wildman–Crippen LogP) is 3.70. The van der Waals surface area contributed by atoms with Crippen molar-refractivity contribution in [3.8, 4) is 11.5 Å². The number of ether oxygens (including phenoxy) is 2. The third kappa shape index (κ3) is 3.94. The molecule has 0 saturated heterocycles. The Kier molecular flexibility index (Phi) is 4.55. The molecular formula is C20H21N3O2. The van der Waals surface area contributed by atoms with Crippen LogP contribution in [0.2, 0.25) is 0 Å². The molecule has 25 heavy (non-hydrogen) atoms. The highest BCUT2D eigenvalue weighted by atomic mass is 16.5. The summed E-state index contributed by atoms with van der Waals surface area (Å²) in [5.74, 6) is 1.66. The van der Waals surface area contributed by atoms with Crippen LogP contribution in [-0.2, 0) is 13.1 Å². The first-order chi connectivity index (χ1) is 12.4. The number of nitrogens with zero attached hydrogens (tertiary/aromatic N) is 2. The molecule has 0 amide bonds. The van der Waals surface area contributed by atoms with Gasteiger partial charge in [-0.15, -0.1) is 0 Å². The van der Waals surface area contributed by atoms with Crippen molar-refractivity contribution in [2.75, 3.05) is 18.5 Å². The molecule has 0 radical (unpaired) electrons. The molecule has 5 nitrogen and oxygen atoms in total. The Morgan fingerprint density at radius 2 is 1.80 bits per heavy atom. The summed E-state index contributed by atoms with van der Waals surface area (Å²) in [6, 6.07) is 16.4. The van der Waals surface area contributed by atoms with E-state index in [1.165, 1.54) is 5.56 Å². The van der Waals surface area contributed by atoms with Crippen LogP contribution in [0.3, 0.4) is 0 Å². The maximum Gasteiger partial charge on any atom is 0.161 e. The van der Waals surface area contributed by atoms with Gasteiger partial charge in [-0.2, -0.15) is 5.10 Å². The SMILES string of the molecule is c1ccc(Cn2cc(NCc3ccc4c(c3)OCCCO4)cn2)cc1. The first kappa shape index (κ1) is 15.6. The Hall–Kier alpha value is -2.95. The molecule has 0 aliphatic carbocycles. The quantitative estimate of drug-likeness (QED) is 0.772. The molecule has 0 fully saturated rings. The zero-order valence-electron chi connectivity index (χ0n) is 14.0. The minimum atomic E-state index is 0.705. The average Bonchev–Trinajstić information content (AvgIpc) is 2.95. The van der Waals surface area contributed by atoms with Gasteiger partial charge in [-0.3, -0.25) is 4.68 Å². The van der Waals surface area contributed by atoms with Crippen molar-refractivity contribution in [3.63, 3.8) is 0 Å². The highest BCUT2D eigenvalue weighted by Crippen LogP contribution is 2.30. The maximum atomic E-state index is 5.74. The van der Waals surface area contributed by atoms with Crippen molar-refractivity contribution in [2.24, 2.45) is 0 Å². The third-order valence-corrected chi connectivity index (χ3v) is 4.13. The van der Waals surface area contributed by atoms with E-state index in [0.717, 1.165) is 35.7 Å². The zero-order chi connectivity index (χ0) is 16.9. The molecule has 4 rings (SSSR count). The van der Waals surface area contributed by atoms with Gasteiger partial charge < -0.3 is 14.8 Å². The second kappa shape index (κ2) is 7.30. The van der Waals surface area contributed by atoms with Gasteiger partial charge in [0.15, 0.2) is 11.5 Å². The molecule has 1 aliphatic heterocycles. The summed E-state index contributed by atoms with van der Waals surface area (Å²) in [4.78, 5) is 0. The molecule has 1 N–H and O–H groups in total. The van der Waals surface area contributed by atoms with Crippen LogP contribution < -0.4 is 14.8 Å². The number of rotatable bonds is 5. The van der Waals surface area contributed by atoms with E-state index in [-0.39, 0.29) is 0 Å². The van der Waals surface area contributed by atoms with Crippen LogP contribution in [0, 0.1) is 0 Å². The molecule has 0 atom stereocenters. The molecule has 2 heterocycles. The molecule has 1 aliphatic rings. The van der Waals surface area contributed by atoms with Gasteiger partial charge in [0.25, 0.3) is 0 Å². The molecule has 0 bridgehead atoms. The number of nitrogens with one attached hydrogen (secondary N) is 1. The van der Waals surface area contributed by atoms with Gasteiger partial charge in [0.2, 0.25) is 0 Å². The van der Waals surface area contributed by atoms with E-state index < -0.39 is 0 Å². The highest BCUT2D eigenvalue weighted by Gasteiger charge is 2.10. The fourth-order valence-electron chi connectivity index (χ4n) is 2.83. The predicted molar refractivity (Wildman–Crippen MR) is 97.1 cm³/mol. The standard InChI is InChI=1S/C20H21N3O2/c1-2-5-16(6-3-1)14-23-15-18(13-22-23)21-12-17-7-8-19-20(11-17)25-10-4-9-24-19/h1-3,5-8,11,13,15,21H,4,9-10,12,14H2. The van der Waals surface area contributed by atoms with Gasteiger partial charge in [-0.05, 0) is 23.3 Å². The lowest BCUT2D eigenvalue weighted by Crippen LogP contribution is -2.01. The van der Waals surface area contributed by atoms with Crippen LogP contribution in [0.4, 0.5) is 5.69 Å². The molecular weight excluding hydrogens is 314 g/mol. The second-order valence-electron chi connectivity index (χ2n) is 6.10. The molecule has 3 aromatic rings. The van der Waals surface area contributed by atoms with Gasteiger partial charge in [0.05, 0.1) is 31.6 Å². The van der Waals surface area contributed by atoms with Gasteiger partial charge in [-0.1, -0.05) is 36.4 Å². The van der Waals surface area contributed by atoms with Crippen molar-refractivity contribution >= 4 is 5.69 Å². The smallest absolute Gasteiger partial charge is 0.161 e. The molecule has 0 saturated carbocycles. The number of fused-ring (bicyclic) bond motifs is 1. The fraction of sp³-hybridized carbons (Fsp3) is 0.250. The fourth-order valence-corrected chi connectivity index (χ4v) is 2.83. The Labute approximate surface area is 147 Å². The Balaban J connectivity index is 1.38. The van der Waals surface area contributed by atoms with E-state index >= 15 is 0 Å². The number of hydrogen-bond acceptors (Lipinski definition) is 4. The van der Waals surface area contributed by atoms with Crippen LogP contribution in [0.15, 0.2) is 60.9 Å². The van der Waals surface area contributed by atoms with Crippen LogP contribution in [0.5, 0.6) is 11.5 Å². The van der Waals surface area contributed by atoms with E-state index in [4.69, 9.17) is 9.47 Å². The zero-order valence-corrected chi connectivity index (χ0v) is 14.0. The monoisotopic (exact) mass is 335 g/mol. The van der Waals surface area contributed by atoms with Crippen molar-refractivity contribution in [2.45, 2.75) is 19.5 Å². The number of anilines is 1. The topological polar surface area (TPSA) is 48.3 Å². The van der Waals surface area contributed by atoms with E-state index in [1.807, 2.05) is 47.4 Å². The molecule has 1 aromatic heterocycles. The normalized spacial score (nSPS) is 13.3. The van der Waals surface area contributed by atoms with Crippen molar-refractivity contribution < 1.29 is 9.47 Å². The van der Waals surface area contributed by atoms with Gasteiger partial charge >= 0.3 is 0 Å². The Bertz CT molecular complexity index is 830. The van der Waals surface area contributed by atoms with Gasteiger partial charge in [0, 0.05) is 19.2 Å². The van der Waals surface area contributed by atoms with Crippen LogP contribution in [-0.4, -0.2) is 23.0 Å². The van der Waals surface area contributed by atoms with Crippen molar-refractivity contribution in [1.82, 2.24) is 9.78 Å². The van der Waals surface area contributed by atoms with E-state index in [0.29, 0.717) is 19.8 Å². The van der Waals surface area contributed by atoms with Crippen molar-refractivity contribution in [1.29, 1.82) is 0 Å². The van der Waals surface area contributed by atoms with Crippen LogP contribution in [0.1, 0.15) is 17.5 Å². The van der Waals surface area contributed by atoms with E-state index in [2.05, 4.69) is 28.6 Å². The molecule has 128 valence electrons. The highest BCUT2D eigenvalue weighted by molar-refractivity contribution is 5.45. The molecule has 0 unspecified atom stereocenters. The van der Waals surface area contributed by atoms with Gasteiger partial charge in [-0.25, -0.2) is 0 Å². The summed E-state index contributed by atoms with van der Waals surface area (Å²) < 4.78 is 13.3. The molecule has 2 aromatic carbocycles. The minimum Gasteiger partial charge on any atom is -0.490 e. The van der Waals surface area contributed by atoms with Gasteiger partial charge in [0.1, 0.15) is 0 Å². The Morgan fingerprint density at radius 1 is 0.960 bits per heavy atom. The number of hydrogen-bond donors (Lipinski definition) is 1. The molecule has 5 heteroatoms. The first-order valence-electron chi connectivity index (χ1n) is 8.55. The lowest BCUT2D eigenvalue weighted by atomic mass is 10.2. The summed E-state index contributed by atoms with van der Waals surface area (Å²) in [6.45, 7) is 2.90. The van der Waals surface area contributed by atoms with Crippen LogP contribution >= 0.6 is 0 Å². The minimum absolute atomic E-state index is 0.705. The first-order valence-corrected chi connectivity index (χ1v) is 8.55. The number of aromatic nitrogens is 2. The summed E-state index contributed by atoms with van der Waals surface area (Å²) in [6.07, 6.45) is 4.80. The maximum absolute atomic E-state index is 5.74. The van der Waals surface area contributed by atoms with E-state index in [9.17, 15) is 0 Å². The number of benzene rings is 2. The second-order valence-corrected chi connectivity index (χ2v) is 6.10. The summed E-state index contributed by atoms with van der Waals surface area (Å²) in [5, 5.41) is 7.83. The van der Waals surface area contributed by atoms with Crippen molar-refractivity contribution in [3.05, 3.63) is 72.1 Å². The summed E-state index contributed by atoms with van der Waals surface area (Å²) in [7, 11) is 0. The molecule has 0 spiro atoms. The van der Waals surface area contributed by atoms with E-state index in [1.54, 1.807) is 0 Å². The summed E-state index contributed by atoms with van der Waals surface area (Å²) >= 11 is 0. The average molecular weight is 335 g/mol. The Morgan fingerprint density at radius 3 is 2.68 bits per heavy atom. The van der Waals surface area contributed by atoms with Crippen LogP contribution in [0.25, 0.3) is 0 Å².